The monoisotopic (exact) mass is 434 g/mol. The minimum absolute atomic E-state index is 0.0963. The first-order chi connectivity index (χ1) is 14.3. The number of hydrogen-bond acceptors (Lipinski definition) is 5. The summed E-state index contributed by atoms with van der Waals surface area (Å²) in [7, 11) is -2.36. The van der Waals surface area contributed by atoms with E-state index in [-0.39, 0.29) is 30.0 Å². The lowest BCUT2D eigenvalue weighted by Gasteiger charge is -2.22. The number of amides is 1. The van der Waals surface area contributed by atoms with Crippen LogP contribution < -0.4 is 10.1 Å². The van der Waals surface area contributed by atoms with Gasteiger partial charge in [0.1, 0.15) is 5.75 Å². The minimum atomic E-state index is -3.87. The van der Waals surface area contributed by atoms with E-state index in [0.29, 0.717) is 25.3 Å². The maximum absolute atomic E-state index is 13.2. The molecule has 0 aliphatic carbocycles. The fourth-order valence-corrected chi connectivity index (χ4v) is 4.13. The molecule has 1 amide bonds. The molecule has 0 aliphatic rings. The van der Waals surface area contributed by atoms with E-state index in [9.17, 15) is 13.2 Å². The summed E-state index contributed by atoms with van der Waals surface area (Å²) < 4.78 is 38.1. The molecule has 0 bridgehead atoms. The minimum Gasteiger partial charge on any atom is -0.497 e. The maximum atomic E-state index is 13.2. The second kappa shape index (κ2) is 11.7. The number of sulfonamides is 1. The van der Waals surface area contributed by atoms with Gasteiger partial charge in [-0.1, -0.05) is 30.3 Å². The molecule has 0 radical (unpaired) electrons. The molecule has 0 aromatic heterocycles. The van der Waals surface area contributed by atoms with Crippen LogP contribution >= 0.6 is 0 Å². The van der Waals surface area contributed by atoms with Gasteiger partial charge in [-0.2, -0.15) is 4.31 Å². The Labute approximate surface area is 179 Å². The lowest BCUT2D eigenvalue weighted by Crippen LogP contribution is -2.40. The van der Waals surface area contributed by atoms with E-state index in [2.05, 4.69) is 5.32 Å². The summed E-state index contributed by atoms with van der Waals surface area (Å²) in [5, 5.41) is 2.77. The summed E-state index contributed by atoms with van der Waals surface area (Å²) in [4.78, 5) is 12.5. The summed E-state index contributed by atoms with van der Waals surface area (Å²) in [6.45, 7) is 4.69. The molecule has 0 atom stereocenters. The van der Waals surface area contributed by atoms with Crippen molar-refractivity contribution < 1.29 is 22.7 Å². The van der Waals surface area contributed by atoms with Crippen molar-refractivity contribution in [2.75, 3.05) is 26.8 Å². The van der Waals surface area contributed by atoms with Gasteiger partial charge in [0.25, 0.3) is 0 Å². The molecule has 0 saturated carbocycles. The van der Waals surface area contributed by atoms with Crippen molar-refractivity contribution in [2.24, 2.45) is 0 Å². The lowest BCUT2D eigenvalue weighted by atomic mass is 10.2. The molecule has 0 saturated heterocycles. The Kier molecular flexibility index (Phi) is 9.29. The van der Waals surface area contributed by atoms with Crippen LogP contribution in [-0.4, -0.2) is 51.5 Å². The highest BCUT2D eigenvalue weighted by molar-refractivity contribution is 7.89. The second-order valence-corrected chi connectivity index (χ2v) is 9.00. The number of ether oxygens (including phenoxy) is 2. The predicted octanol–water partition coefficient (Wildman–Crippen LogP) is 2.82. The Hall–Kier alpha value is -2.42. The quantitative estimate of drug-likeness (QED) is 0.519. The summed E-state index contributed by atoms with van der Waals surface area (Å²) in [6.07, 6.45) is 0.796. The van der Waals surface area contributed by atoms with Gasteiger partial charge in [-0.3, -0.25) is 4.79 Å². The zero-order valence-electron chi connectivity index (χ0n) is 17.7. The molecule has 0 heterocycles. The highest BCUT2D eigenvalue weighted by Gasteiger charge is 2.27. The van der Waals surface area contributed by atoms with E-state index >= 15 is 0 Å². The van der Waals surface area contributed by atoms with Gasteiger partial charge in [0.2, 0.25) is 15.9 Å². The molecule has 30 heavy (non-hydrogen) atoms. The Bertz CT molecular complexity index is 884. The van der Waals surface area contributed by atoms with E-state index in [4.69, 9.17) is 9.47 Å². The zero-order valence-corrected chi connectivity index (χ0v) is 18.5. The van der Waals surface area contributed by atoms with Gasteiger partial charge < -0.3 is 14.8 Å². The van der Waals surface area contributed by atoms with Crippen LogP contribution in [0.3, 0.4) is 0 Å². The largest absolute Gasteiger partial charge is 0.497 e. The van der Waals surface area contributed by atoms with Crippen LogP contribution in [0.2, 0.25) is 0 Å². The van der Waals surface area contributed by atoms with E-state index in [1.165, 1.54) is 23.5 Å². The Balaban J connectivity index is 2.10. The van der Waals surface area contributed by atoms with Crippen LogP contribution in [0.5, 0.6) is 5.75 Å². The molecule has 2 aromatic carbocycles. The average Bonchev–Trinajstić information content (AvgIpc) is 2.73. The first-order valence-electron chi connectivity index (χ1n) is 9.89. The van der Waals surface area contributed by atoms with Gasteiger partial charge in [-0.25, -0.2) is 8.42 Å². The topological polar surface area (TPSA) is 84.9 Å². The third kappa shape index (κ3) is 7.44. The second-order valence-electron chi connectivity index (χ2n) is 7.06. The zero-order chi connectivity index (χ0) is 22.0. The maximum Gasteiger partial charge on any atom is 0.243 e. The Morgan fingerprint density at radius 1 is 1.07 bits per heavy atom. The van der Waals surface area contributed by atoms with Crippen molar-refractivity contribution in [1.82, 2.24) is 9.62 Å². The molecule has 1 N–H and O–H groups in total. The number of nitrogens with zero attached hydrogens (tertiary/aromatic N) is 1. The normalized spacial score (nSPS) is 11.6. The van der Waals surface area contributed by atoms with Crippen molar-refractivity contribution in [3.63, 3.8) is 0 Å². The number of hydrogen-bond donors (Lipinski definition) is 1. The fraction of sp³-hybridized carbons (Fsp3) is 0.409. The van der Waals surface area contributed by atoms with Crippen molar-refractivity contribution in [3.05, 3.63) is 60.2 Å². The van der Waals surface area contributed by atoms with Gasteiger partial charge in [0.15, 0.2) is 0 Å². The van der Waals surface area contributed by atoms with Crippen LogP contribution in [-0.2, 0) is 26.1 Å². The van der Waals surface area contributed by atoms with Crippen molar-refractivity contribution in [3.8, 4) is 5.75 Å². The number of nitrogens with one attached hydrogen (secondary N) is 1. The number of carbonyl (C=O) groups is 1. The molecule has 0 spiro atoms. The van der Waals surface area contributed by atoms with Crippen LogP contribution in [0.1, 0.15) is 25.8 Å². The van der Waals surface area contributed by atoms with Crippen molar-refractivity contribution in [1.29, 1.82) is 0 Å². The van der Waals surface area contributed by atoms with Gasteiger partial charge in [-0.05, 0) is 50.1 Å². The van der Waals surface area contributed by atoms with Crippen LogP contribution in [0.25, 0.3) is 0 Å². The number of benzene rings is 2. The van der Waals surface area contributed by atoms with E-state index < -0.39 is 10.0 Å². The first kappa shape index (κ1) is 23.9. The Morgan fingerprint density at radius 2 is 1.73 bits per heavy atom. The third-order valence-corrected chi connectivity index (χ3v) is 6.12. The standard InChI is InChI=1S/C22H30N2O5S/c1-18(2)29-15-7-14-23-22(25)17-24(16-19-8-5-4-6-9-19)30(26,27)21-12-10-20(28-3)11-13-21/h4-6,8-13,18H,7,14-17H2,1-3H3,(H,23,25). The molecule has 7 nitrogen and oxygen atoms in total. The predicted molar refractivity (Wildman–Crippen MR) is 116 cm³/mol. The summed E-state index contributed by atoms with van der Waals surface area (Å²) in [5.74, 6) is 0.206. The molecule has 0 aliphatic heterocycles. The summed E-state index contributed by atoms with van der Waals surface area (Å²) >= 11 is 0. The Morgan fingerprint density at radius 3 is 2.33 bits per heavy atom. The summed E-state index contributed by atoms with van der Waals surface area (Å²) in [6, 6.07) is 15.3. The van der Waals surface area contributed by atoms with Crippen molar-refractivity contribution >= 4 is 15.9 Å². The van der Waals surface area contributed by atoms with Crippen molar-refractivity contribution in [2.45, 2.75) is 37.8 Å². The van der Waals surface area contributed by atoms with Crippen LogP contribution in [0, 0.1) is 0 Å². The third-order valence-electron chi connectivity index (χ3n) is 4.31. The smallest absolute Gasteiger partial charge is 0.243 e. The number of methoxy groups -OCH3 is 1. The molecule has 2 rings (SSSR count). The molecule has 8 heteroatoms. The van der Waals surface area contributed by atoms with E-state index in [0.717, 1.165) is 5.56 Å². The van der Waals surface area contributed by atoms with Gasteiger partial charge in [0, 0.05) is 19.7 Å². The van der Waals surface area contributed by atoms with Gasteiger partial charge in [-0.15, -0.1) is 0 Å². The number of carbonyl (C=O) groups excluding carboxylic acids is 1. The molecule has 164 valence electrons. The lowest BCUT2D eigenvalue weighted by molar-refractivity contribution is -0.121. The summed E-state index contributed by atoms with van der Waals surface area (Å²) in [5.41, 5.74) is 0.799. The average molecular weight is 435 g/mol. The van der Waals surface area contributed by atoms with E-state index in [1.54, 1.807) is 12.1 Å². The molecular formula is C22H30N2O5S. The highest BCUT2D eigenvalue weighted by Crippen LogP contribution is 2.21. The first-order valence-corrected chi connectivity index (χ1v) is 11.3. The van der Waals surface area contributed by atoms with Crippen LogP contribution in [0.15, 0.2) is 59.5 Å². The van der Waals surface area contributed by atoms with Gasteiger partial charge >= 0.3 is 0 Å². The molecular weight excluding hydrogens is 404 g/mol. The SMILES string of the molecule is COc1ccc(S(=O)(=O)N(CC(=O)NCCCOC(C)C)Cc2ccccc2)cc1. The fourth-order valence-electron chi connectivity index (χ4n) is 2.74. The number of rotatable bonds is 12. The molecule has 2 aromatic rings. The molecule has 0 unspecified atom stereocenters. The highest BCUT2D eigenvalue weighted by atomic mass is 32.2. The van der Waals surface area contributed by atoms with Crippen LogP contribution in [0.4, 0.5) is 0 Å². The molecule has 0 fully saturated rings. The van der Waals surface area contributed by atoms with E-state index in [1.807, 2.05) is 44.2 Å². The van der Waals surface area contributed by atoms with Gasteiger partial charge in [0.05, 0.1) is 24.7 Å².